The predicted octanol–water partition coefficient (Wildman–Crippen LogP) is 2.81. The van der Waals surface area contributed by atoms with Crippen LogP contribution in [0.4, 0.5) is 5.82 Å². The Hall–Kier alpha value is -3.09. The molecule has 0 bridgehead atoms. The van der Waals surface area contributed by atoms with Gasteiger partial charge in [-0.15, -0.1) is 0 Å². The molecule has 0 unspecified atom stereocenters. The number of anilines is 1. The van der Waals surface area contributed by atoms with Gasteiger partial charge in [-0.25, -0.2) is 15.0 Å². The first kappa shape index (κ1) is 18.9. The molecule has 4 heterocycles. The summed E-state index contributed by atoms with van der Waals surface area (Å²) in [7, 11) is 0. The SMILES string of the molecule is Cc1nc2c(c(N3CCC(Cn4cnc(-c5ccncc5)cc4=O)CC3)n1)CCC2. The van der Waals surface area contributed by atoms with Crippen molar-refractivity contribution in [3.8, 4) is 11.3 Å². The fourth-order valence-electron chi connectivity index (χ4n) is 4.64. The van der Waals surface area contributed by atoms with Gasteiger partial charge in [-0.05, 0) is 57.1 Å². The normalized spacial score (nSPS) is 16.6. The Morgan fingerprint density at radius 1 is 1.10 bits per heavy atom. The van der Waals surface area contributed by atoms with Crippen molar-refractivity contribution < 1.29 is 0 Å². The molecule has 0 amide bonds. The van der Waals surface area contributed by atoms with Crippen molar-refractivity contribution in [2.24, 2.45) is 5.92 Å². The molecule has 0 N–H and O–H groups in total. The van der Waals surface area contributed by atoms with Gasteiger partial charge in [0.1, 0.15) is 11.6 Å². The molecule has 3 aromatic rings. The van der Waals surface area contributed by atoms with Crippen molar-refractivity contribution in [2.75, 3.05) is 18.0 Å². The van der Waals surface area contributed by atoms with Crippen molar-refractivity contribution >= 4 is 5.82 Å². The molecule has 0 atom stereocenters. The lowest BCUT2D eigenvalue weighted by atomic mass is 9.96. The monoisotopic (exact) mass is 402 g/mol. The molecule has 0 aromatic carbocycles. The van der Waals surface area contributed by atoms with Crippen LogP contribution in [0.2, 0.25) is 0 Å². The molecule has 1 fully saturated rings. The van der Waals surface area contributed by atoms with Gasteiger partial charge < -0.3 is 4.90 Å². The summed E-state index contributed by atoms with van der Waals surface area (Å²) in [6.07, 6.45) is 10.6. The molecular weight excluding hydrogens is 376 g/mol. The summed E-state index contributed by atoms with van der Waals surface area (Å²) in [4.78, 5) is 33.0. The Labute approximate surface area is 175 Å². The molecule has 0 spiro atoms. The second-order valence-electron chi connectivity index (χ2n) is 8.30. The van der Waals surface area contributed by atoms with Gasteiger partial charge in [-0.3, -0.25) is 14.3 Å². The lowest BCUT2D eigenvalue weighted by Crippen LogP contribution is -2.37. The van der Waals surface area contributed by atoms with Crippen molar-refractivity contribution in [2.45, 2.75) is 45.6 Å². The van der Waals surface area contributed by atoms with Crippen LogP contribution in [-0.2, 0) is 19.4 Å². The third-order valence-electron chi connectivity index (χ3n) is 6.25. The molecule has 1 saturated heterocycles. The van der Waals surface area contributed by atoms with Gasteiger partial charge in [-0.1, -0.05) is 0 Å². The van der Waals surface area contributed by atoms with Gasteiger partial charge in [0.05, 0.1) is 12.0 Å². The first-order chi connectivity index (χ1) is 14.7. The number of aromatic nitrogens is 5. The maximum atomic E-state index is 12.6. The Morgan fingerprint density at radius 2 is 1.90 bits per heavy atom. The Kier molecular flexibility index (Phi) is 5.02. The molecule has 1 aliphatic carbocycles. The molecule has 30 heavy (non-hydrogen) atoms. The van der Waals surface area contributed by atoms with Crippen LogP contribution in [0.5, 0.6) is 0 Å². The lowest BCUT2D eigenvalue weighted by Gasteiger charge is -2.34. The number of hydrogen-bond donors (Lipinski definition) is 0. The lowest BCUT2D eigenvalue weighted by molar-refractivity contribution is 0.350. The average molecular weight is 403 g/mol. The van der Waals surface area contributed by atoms with Crippen LogP contribution in [0.3, 0.4) is 0 Å². The summed E-state index contributed by atoms with van der Waals surface area (Å²) in [5.41, 5.74) is 4.21. The Balaban J connectivity index is 1.26. The minimum atomic E-state index is 0.00323. The summed E-state index contributed by atoms with van der Waals surface area (Å²) in [6.45, 7) is 4.66. The zero-order valence-electron chi connectivity index (χ0n) is 17.3. The molecular formula is C23H26N6O. The second-order valence-corrected chi connectivity index (χ2v) is 8.30. The van der Waals surface area contributed by atoms with Gasteiger partial charge in [-0.2, -0.15) is 0 Å². The smallest absolute Gasteiger partial charge is 0.253 e. The predicted molar refractivity (Wildman–Crippen MR) is 115 cm³/mol. The number of nitrogens with zero attached hydrogens (tertiary/aromatic N) is 6. The van der Waals surface area contributed by atoms with Crippen LogP contribution in [0.1, 0.15) is 36.3 Å². The highest BCUT2D eigenvalue weighted by Crippen LogP contribution is 2.31. The molecule has 3 aromatic heterocycles. The highest BCUT2D eigenvalue weighted by molar-refractivity contribution is 5.57. The number of pyridine rings is 1. The topological polar surface area (TPSA) is 76.8 Å². The summed E-state index contributed by atoms with van der Waals surface area (Å²) in [6, 6.07) is 5.36. The van der Waals surface area contributed by atoms with E-state index in [4.69, 9.17) is 4.98 Å². The largest absolute Gasteiger partial charge is 0.356 e. The van der Waals surface area contributed by atoms with Crippen LogP contribution in [0.25, 0.3) is 11.3 Å². The number of fused-ring (bicyclic) bond motifs is 1. The van der Waals surface area contributed by atoms with Crippen molar-refractivity contribution in [1.29, 1.82) is 0 Å². The molecule has 0 saturated carbocycles. The van der Waals surface area contributed by atoms with E-state index >= 15 is 0 Å². The summed E-state index contributed by atoms with van der Waals surface area (Å²) >= 11 is 0. The molecule has 7 heteroatoms. The van der Waals surface area contributed by atoms with Crippen molar-refractivity contribution in [3.63, 3.8) is 0 Å². The number of hydrogen-bond acceptors (Lipinski definition) is 6. The molecule has 7 nitrogen and oxygen atoms in total. The first-order valence-corrected chi connectivity index (χ1v) is 10.8. The van der Waals surface area contributed by atoms with E-state index < -0.39 is 0 Å². The van der Waals surface area contributed by atoms with E-state index in [1.54, 1.807) is 29.4 Å². The van der Waals surface area contributed by atoms with Gasteiger partial charge in [0.15, 0.2) is 0 Å². The molecule has 2 aliphatic rings. The molecule has 0 radical (unpaired) electrons. The highest BCUT2D eigenvalue weighted by Gasteiger charge is 2.26. The van der Waals surface area contributed by atoms with Crippen LogP contribution >= 0.6 is 0 Å². The van der Waals surface area contributed by atoms with Gasteiger partial charge in [0, 0.05) is 54.9 Å². The summed E-state index contributed by atoms with van der Waals surface area (Å²) < 4.78 is 1.75. The molecule has 1 aliphatic heterocycles. The van der Waals surface area contributed by atoms with Gasteiger partial charge >= 0.3 is 0 Å². The van der Waals surface area contributed by atoms with Crippen LogP contribution < -0.4 is 10.5 Å². The van der Waals surface area contributed by atoms with E-state index in [1.165, 1.54) is 17.7 Å². The quantitative estimate of drug-likeness (QED) is 0.668. The zero-order chi connectivity index (χ0) is 20.5. The van der Waals surface area contributed by atoms with Gasteiger partial charge in [0.25, 0.3) is 5.56 Å². The van der Waals surface area contributed by atoms with E-state index in [1.807, 2.05) is 19.1 Å². The zero-order valence-corrected chi connectivity index (χ0v) is 17.3. The minimum Gasteiger partial charge on any atom is -0.356 e. The fraction of sp³-hybridized carbons (Fsp3) is 0.435. The standard InChI is InChI=1S/C23H26N6O/c1-16-26-20-4-2-3-19(20)23(27-16)28-11-7-17(8-12-28)14-29-15-25-21(13-22(29)30)18-5-9-24-10-6-18/h5-6,9-10,13,15,17H,2-4,7-8,11-12,14H2,1H3. The average Bonchev–Trinajstić information content (AvgIpc) is 3.24. The first-order valence-electron chi connectivity index (χ1n) is 10.8. The molecule has 5 rings (SSSR count). The minimum absolute atomic E-state index is 0.00323. The van der Waals surface area contributed by atoms with Crippen LogP contribution in [-0.4, -0.2) is 37.6 Å². The third kappa shape index (κ3) is 3.72. The van der Waals surface area contributed by atoms with E-state index in [9.17, 15) is 4.79 Å². The maximum Gasteiger partial charge on any atom is 0.253 e. The van der Waals surface area contributed by atoms with Gasteiger partial charge in [0.2, 0.25) is 0 Å². The fourth-order valence-corrected chi connectivity index (χ4v) is 4.64. The molecule has 154 valence electrons. The summed E-state index contributed by atoms with van der Waals surface area (Å²) in [5, 5.41) is 0. The van der Waals surface area contributed by atoms with Crippen molar-refractivity contribution in [3.05, 3.63) is 64.4 Å². The van der Waals surface area contributed by atoms with E-state index in [-0.39, 0.29) is 5.56 Å². The Morgan fingerprint density at radius 3 is 2.67 bits per heavy atom. The van der Waals surface area contributed by atoms with Crippen LogP contribution in [0, 0.1) is 12.8 Å². The van der Waals surface area contributed by atoms with E-state index in [0.29, 0.717) is 11.6 Å². The van der Waals surface area contributed by atoms with E-state index in [2.05, 4.69) is 19.9 Å². The second kappa shape index (κ2) is 7.97. The maximum absolute atomic E-state index is 12.6. The third-order valence-corrected chi connectivity index (χ3v) is 6.25. The van der Waals surface area contributed by atoms with Crippen molar-refractivity contribution in [1.82, 2.24) is 24.5 Å². The number of rotatable bonds is 4. The highest BCUT2D eigenvalue weighted by atomic mass is 16.1. The van der Waals surface area contributed by atoms with E-state index in [0.717, 1.165) is 62.5 Å². The Bertz CT molecular complexity index is 1100. The number of piperidine rings is 1. The summed E-state index contributed by atoms with van der Waals surface area (Å²) in [5.74, 6) is 2.50. The number of aryl methyl sites for hydroxylation is 2. The van der Waals surface area contributed by atoms with Crippen LogP contribution in [0.15, 0.2) is 41.7 Å².